The third-order valence-corrected chi connectivity index (χ3v) is 7.98. The Morgan fingerprint density at radius 3 is 1.38 bits per heavy atom. The Kier molecular flexibility index (Phi) is 5.08. The van der Waals surface area contributed by atoms with Crippen LogP contribution in [0.5, 0.6) is 0 Å². The van der Waals surface area contributed by atoms with E-state index >= 15 is 0 Å². The summed E-state index contributed by atoms with van der Waals surface area (Å²) in [7, 11) is 0. The number of hydrogen-bond acceptors (Lipinski definition) is 0. The van der Waals surface area contributed by atoms with Crippen molar-refractivity contribution in [1.82, 2.24) is 0 Å². The van der Waals surface area contributed by atoms with Crippen LogP contribution in [-0.2, 0) is 6.42 Å². The summed E-state index contributed by atoms with van der Waals surface area (Å²) >= 11 is 0. The zero-order valence-corrected chi connectivity index (χ0v) is 21.3. The van der Waals surface area contributed by atoms with Crippen molar-refractivity contribution in [2.24, 2.45) is 0 Å². The lowest BCUT2D eigenvalue weighted by molar-refractivity contribution is 1.12. The highest BCUT2D eigenvalue weighted by atomic mass is 14.2. The van der Waals surface area contributed by atoms with Crippen molar-refractivity contribution in [1.29, 1.82) is 0 Å². The molecule has 0 saturated carbocycles. The SMILES string of the molecule is CCc1cc2c(-c3cccc4ccccc34)c3ccccc3c(-c3cccc4ccccc34)c2cc1C. The van der Waals surface area contributed by atoms with E-state index in [1.165, 1.54) is 76.5 Å². The number of hydrogen-bond donors (Lipinski definition) is 0. The van der Waals surface area contributed by atoms with Gasteiger partial charge in [-0.1, -0.05) is 128 Å². The van der Waals surface area contributed by atoms with Gasteiger partial charge in [0.2, 0.25) is 0 Å². The Morgan fingerprint density at radius 1 is 0.432 bits per heavy atom. The van der Waals surface area contributed by atoms with Crippen molar-refractivity contribution >= 4 is 43.1 Å². The molecule has 0 aliphatic heterocycles. The van der Waals surface area contributed by atoms with Gasteiger partial charge in [-0.15, -0.1) is 0 Å². The minimum atomic E-state index is 1.02. The molecule has 7 aromatic carbocycles. The summed E-state index contributed by atoms with van der Waals surface area (Å²) in [5, 5.41) is 10.4. The van der Waals surface area contributed by atoms with E-state index in [-0.39, 0.29) is 0 Å². The normalized spacial score (nSPS) is 11.6. The molecule has 0 nitrogen and oxygen atoms in total. The van der Waals surface area contributed by atoms with Crippen LogP contribution in [0.2, 0.25) is 0 Å². The number of aryl methyl sites for hydroxylation is 2. The average molecular weight is 473 g/mol. The smallest absolute Gasteiger partial charge is 0.00200 e. The van der Waals surface area contributed by atoms with Gasteiger partial charge in [-0.25, -0.2) is 0 Å². The molecule has 0 N–H and O–H groups in total. The van der Waals surface area contributed by atoms with Gasteiger partial charge in [0, 0.05) is 0 Å². The summed E-state index contributed by atoms with van der Waals surface area (Å²) in [5.41, 5.74) is 8.03. The first-order chi connectivity index (χ1) is 18.2. The van der Waals surface area contributed by atoms with E-state index in [0.717, 1.165) is 6.42 Å². The highest BCUT2D eigenvalue weighted by molar-refractivity contribution is 6.25. The van der Waals surface area contributed by atoms with E-state index < -0.39 is 0 Å². The van der Waals surface area contributed by atoms with E-state index in [0.29, 0.717) is 0 Å². The summed E-state index contributed by atoms with van der Waals surface area (Å²) in [4.78, 5) is 0. The maximum absolute atomic E-state index is 2.46. The van der Waals surface area contributed by atoms with Gasteiger partial charge in [0.1, 0.15) is 0 Å². The fourth-order valence-corrected chi connectivity index (χ4v) is 6.22. The number of fused-ring (bicyclic) bond motifs is 4. The van der Waals surface area contributed by atoms with E-state index in [1.807, 2.05) is 0 Å². The summed E-state index contributed by atoms with van der Waals surface area (Å²) in [6.45, 7) is 4.52. The van der Waals surface area contributed by atoms with Gasteiger partial charge >= 0.3 is 0 Å². The van der Waals surface area contributed by atoms with Crippen LogP contribution in [0.15, 0.2) is 121 Å². The van der Waals surface area contributed by atoms with Crippen LogP contribution >= 0.6 is 0 Å². The van der Waals surface area contributed by atoms with Gasteiger partial charge in [0.25, 0.3) is 0 Å². The van der Waals surface area contributed by atoms with E-state index in [9.17, 15) is 0 Å². The predicted octanol–water partition coefficient (Wildman–Crippen LogP) is 10.5. The fourth-order valence-electron chi connectivity index (χ4n) is 6.22. The van der Waals surface area contributed by atoms with Crippen molar-refractivity contribution in [2.75, 3.05) is 0 Å². The molecule has 0 aromatic heterocycles. The molecule has 0 bridgehead atoms. The van der Waals surface area contributed by atoms with Crippen LogP contribution in [0, 0.1) is 6.92 Å². The average Bonchev–Trinajstić information content (AvgIpc) is 2.95. The molecule has 0 spiro atoms. The second-order valence-corrected chi connectivity index (χ2v) is 10.0. The monoisotopic (exact) mass is 472 g/mol. The van der Waals surface area contributed by atoms with Crippen LogP contribution < -0.4 is 0 Å². The highest BCUT2D eigenvalue weighted by Crippen LogP contribution is 2.47. The first kappa shape index (κ1) is 21.8. The summed E-state index contributed by atoms with van der Waals surface area (Å²) < 4.78 is 0. The van der Waals surface area contributed by atoms with E-state index in [2.05, 4.69) is 135 Å². The number of rotatable bonds is 3. The lowest BCUT2D eigenvalue weighted by atomic mass is 9.82. The second kappa shape index (κ2) is 8.61. The molecule has 7 aromatic rings. The Bertz CT molecular complexity index is 1960. The molecule has 0 unspecified atom stereocenters. The second-order valence-electron chi connectivity index (χ2n) is 10.0. The quantitative estimate of drug-likeness (QED) is 0.224. The fraction of sp³-hybridized carbons (Fsp3) is 0.0811. The van der Waals surface area contributed by atoms with Crippen LogP contribution in [0.4, 0.5) is 0 Å². The van der Waals surface area contributed by atoms with Gasteiger partial charge in [0.05, 0.1) is 0 Å². The van der Waals surface area contributed by atoms with Crippen LogP contribution in [0.25, 0.3) is 65.3 Å². The van der Waals surface area contributed by atoms with Gasteiger partial charge in [-0.05, 0) is 89.8 Å². The molecule has 0 amide bonds. The summed E-state index contributed by atoms with van der Waals surface area (Å²) in [6.07, 6.45) is 1.02. The molecule has 0 heterocycles. The minimum Gasteiger partial charge on any atom is -0.0616 e. The molecule has 176 valence electrons. The molecule has 0 aliphatic rings. The van der Waals surface area contributed by atoms with Gasteiger partial charge in [0.15, 0.2) is 0 Å². The first-order valence-corrected chi connectivity index (χ1v) is 13.2. The van der Waals surface area contributed by atoms with Crippen molar-refractivity contribution < 1.29 is 0 Å². The topological polar surface area (TPSA) is 0 Å². The zero-order valence-electron chi connectivity index (χ0n) is 21.3. The Labute approximate surface area is 217 Å². The zero-order chi connectivity index (χ0) is 24.9. The molecule has 7 rings (SSSR count). The molecule has 0 radical (unpaired) electrons. The van der Waals surface area contributed by atoms with E-state index in [4.69, 9.17) is 0 Å². The third-order valence-electron chi connectivity index (χ3n) is 7.98. The molecule has 0 heteroatoms. The molecular weight excluding hydrogens is 444 g/mol. The van der Waals surface area contributed by atoms with Gasteiger partial charge in [-0.3, -0.25) is 0 Å². The van der Waals surface area contributed by atoms with Gasteiger partial charge < -0.3 is 0 Å². The lowest BCUT2D eigenvalue weighted by Gasteiger charge is -2.21. The Morgan fingerprint density at radius 2 is 0.865 bits per heavy atom. The van der Waals surface area contributed by atoms with Crippen LogP contribution in [0.3, 0.4) is 0 Å². The molecule has 0 saturated heterocycles. The summed E-state index contributed by atoms with van der Waals surface area (Å²) in [5.74, 6) is 0. The minimum absolute atomic E-state index is 1.02. The van der Waals surface area contributed by atoms with Gasteiger partial charge in [-0.2, -0.15) is 0 Å². The van der Waals surface area contributed by atoms with Crippen molar-refractivity contribution in [3.8, 4) is 22.3 Å². The van der Waals surface area contributed by atoms with Crippen molar-refractivity contribution in [2.45, 2.75) is 20.3 Å². The molecule has 0 aliphatic carbocycles. The highest BCUT2D eigenvalue weighted by Gasteiger charge is 2.20. The van der Waals surface area contributed by atoms with Crippen LogP contribution in [-0.4, -0.2) is 0 Å². The lowest BCUT2D eigenvalue weighted by Crippen LogP contribution is -1.95. The Hall–Kier alpha value is -4.42. The standard InChI is InChI=1S/C37H28/c1-3-25-23-35-34(22-24(25)2)36(30-20-10-14-26-12-4-6-16-28(26)30)32-18-8-9-19-33(32)37(35)31-21-11-15-27-13-5-7-17-29(27)31/h4-23H,3H2,1-2H3. The molecule has 0 atom stereocenters. The summed E-state index contributed by atoms with van der Waals surface area (Å²) in [6, 6.07) is 44.8. The third kappa shape index (κ3) is 3.37. The number of benzene rings is 7. The van der Waals surface area contributed by atoms with E-state index in [1.54, 1.807) is 0 Å². The largest absolute Gasteiger partial charge is 0.0616 e. The molecule has 37 heavy (non-hydrogen) atoms. The molecular formula is C37H28. The van der Waals surface area contributed by atoms with Crippen LogP contribution in [0.1, 0.15) is 18.1 Å². The maximum Gasteiger partial charge on any atom is -0.00200 e. The van der Waals surface area contributed by atoms with Crippen molar-refractivity contribution in [3.63, 3.8) is 0 Å². The maximum atomic E-state index is 2.46. The van der Waals surface area contributed by atoms with Crippen molar-refractivity contribution in [3.05, 3.63) is 132 Å². The molecule has 0 fully saturated rings. The first-order valence-electron chi connectivity index (χ1n) is 13.2. The Balaban J connectivity index is 1.74. The predicted molar refractivity (Wildman–Crippen MR) is 161 cm³/mol.